The third-order valence-corrected chi connectivity index (χ3v) is 1.19. The van der Waals surface area contributed by atoms with E-state index < -0.39 is 6.08 Å². The third kappa shape index (κ3) is 1.36. The Morgan fingerprint density at radius 3 is 2.75 bits per heavy atom. The van der Waals surface area contributed by atoms with Crippen molar-refractivity contribution >= 4 is 22.6 Å². The van der Waals surface area contributed by atoms with Crippen LogP contribution in [0.4, 0.5) is 4.39 Å². The Balaban J connectivity index is 3.08. The van der Waals surface area contributed by atoms with Crippen molar-refractivity contribution < 1.29 is 4.39 Å². The van der Waals surface area contributed by atoms with E-state index in [0.29, 0.717) is 3.70 Å². The van der Waals surface area contributed by atoms with Crippen molar-refractivity contribution in [3.63, 3.8) is 0 Å². The number of rotatable bonds is 0. The summed E-state index contributed by atoms with van der Waals surface area (Å²) >= 11 is 1.91. The predicted octanol–water partition coefficient (Wildman–Crippen LogP) is 1.22. The van der Waals surface area contributed by atoms with Crippen molar-refractivity contribution in [2.75, 3.05) is 0 Å². The van der Waals surface area contributed by atoms with Gasteiger partial charge in [-0.3, -0.25) is 0 Å². The van der Waals surface area contributed by atoms with Gasteiger partial charge in [0.05, 0.1) is 0 Å². The fourth-order valence-corrected chi connectivity index (χ4v) is 0.674. The fourth-order valence-electron chi connectivity index (χ4n) is 0.315. The van der Waals surface area contributed by atoms with Crippen molar-refractivity contribution in [1.29, 1.82) is 0 Å². The molecule has 4 heteroatoms. The minimum atomic E-state index is -0.670. The van der Waals surface area contributed by atoms with Crippen LogP contribution in [0.15, 0.2) is 12.3 Å². The van der Waals surface area contributed by atoms with Crippen LogP contribution in [0.5, 0.6) is 0 Å². The molecule has 2 nitrogen and oxygen atoms in total. The van der Waals surface area contributed by atoms with E-state index in [-0.39, 0.29) is 0 Å². The molecule has 0 amide bonds. The SMILES string of the molecule is Fc1nccc(I)n1. The Bertz CT molecular complexity index is 174. The molecular formula is C4H2FIN2. The van der Waals surface area contributed by atoms with Crippen molar-refractivity contribution in [1.82, 2.24) is 9.97 Å². The van der Waals surface area contributed by atoms with Gasteiger partial charge in [-0.15, -0.1) is 0 Å². The first-order valence-corrected chi connectivity index (χ1v) is 3.01. The standard InChI is InChI=1S/C4H2FIN2/c5-4-7-2-1-3(6)8-4/h1-2H. The molecule has 8 heavy (non-hydrogen) atoms. The van der Waals surface area contributed by atoms with Gasteiger partial charge in [0.2, 0.25) is 0 Å². The molecule has 0 radical (unpaired) electrons. The van der Waals surface area contributed by atoms with Crippen LogP contribution in [0.3, 0.4) is 0 Å². The molecule has 0 aliphatic carbocycles. The maximum Gasteiger partial charge on any atom is 0.309 e. The molecule has 0 N–H and O–H groups in total. The second kappa shape index (κ2) is 2.34. The molecule has 0 aliphatic heterocycles. The summed E-state index contributed by atoms with van der Waals surface area (Å²) in [4.78, 5) is 6.64. The first kappa shape index (κ1) is 5.87. The van der Waals surface area contributed by atoms with Crippen LogP contribution >= 0.6 is 22.6 Å². The molecule has 0 bridgehead atoms. The molecule has 0 saturated carbocycles. The lowest BCUT2D eigenvalue weighted by Gasteiger charge is -1.84. The van der Waals surface area contributed by atoms with E-state index in [2.05, 4.69) is 9.97 Å². The first-order chi connectivity index (χ1) is 3.79. The lowest BCUT2D eigenvalue weighted by Crippen LogP contribution is -1.87. The van der Waals surface area contributed by atoms with E-state index in [9.17, 15) is 4.39 Å². The van der Waals surface area contributed by atoms with Crippen molar-refractivity contribution in [2.45, 2.75) is 0 Å². The summed E-state index contributed by atoms with van der Waals surface area (Å²) in [6, 6.07) is 1.63. The molecule has 1 aromatic rings. The second-order valence-corrected chi connectivity index (χ2v) is 2.25. The molecule has 0 aliphatic rings. The molecule has 0 unspecified atom stereocenters. The molecule has 42 valence electrons. The quantitative estimate of drug-likeness (QED) is 0.376. The average molecular weight is 224 g/mol. The number of nitrogens with zero attached hydrogens (tertiary/aromatic N) is 2. The van der Waals surface area contributed by atoms with E-state index in [4.69, 9.17) is 0 Å². The van der Waals surface area contributed by atoms with Gasteiger partial charge in [-0.2, -0.15) is 9.37 Å². The summed E-state index contributed by atoms with van der Waals surface area (Å²) in [5.74, 6) is 0. The van der Waals surface area contributed by atoms with Crippen LogP contribution < -0.4 is 0 Å². The van der Waals surface area contributed by atoms with Gasteiger partial charge >= 0.3 is 6.08 Å². The molecule has 1 rings (SSSR count). The van der Waals surface area contributed by atoms with Crippen molar-refractivity contribution in [3.8, 4) is 0 Å². The van der Waals surface area contributed by atoms with Gasteiger partial charge in [0.15, 0.2) is 0 Å². The lowest BCUT2D eigenvalue weighted by molar-refractivity contribution is 0.535. The van der Waals surface area contributed by atoms with Crippen LogP contribution in [0, 0.1) is 9.78 Å². The maximum atomic E-state index is 11.9. The molecule has 0 atom stereocenters. The third-order valence-electron chi connectivity index (χ3n) is 0.592. The van der Waals surface area contributed by atoms with Crippen LogP contribution in [0.25, 0.3) is 0 Å². The zero-order valence-electron chi connectivity index (χ0n) is 3.81. The first-order valence-electron chi connectivity index (χ1n) is 1.93. The Morgan fingerprint density at radius 2 is 2.38 bits per heavy atom. The molecule has 0 saturated heterocycles. The van der Waals surface area contributed by atoms with E-state index in [0.717, 1.165) is 0 Å². The molecular weight excluding hydrogens is 222 g/mol. The van der Waals surface area contributed by atoms with Gasteiger partial charge in [-0.25, -0.2) is 4.98 Å². The summed E-state index contributed by atoms with van der Waals surface area (Å²) in [7, 11) is 0. The fraction of sp³-hybridized carbons (Fsp3) is 0. The summed E-state index contributed by atoms with van der Waals surface area (Å²) in [6.07, 6.45) is 0.710. The Labute approximate surface area is 59.3 Å². The Kier molecular flexibility index (Phi) is 1.72. The summed E-state index contributed by atoms with van der Waals surface area (Å²) in [5, 5.41) is 0. The average Bonchev–Trinajstić information content (AvgIpc) is 1.64. The minimum Gasteiger partial charge on any atom is -0.211 e. The van der Waals surface area contributed by atoms with E-state index in [1.165, 1.54) is 6.20 Å². The highest BCUT2D eigenvalue weighted by molar-refractivity contribution is 14.1. The smallest absolute Gasteiger partial charge is 0.211 e. The second-order valence-electron chi connectivity index (χ2n) is 1.15. The zero-order chi connectivity index (χ0) is 5.98. The maximum absolute atomic E-state index is 11.9. The van der Waals surface area contributed by atoms with Crippen LogP contribution in [-0.2, 0) is 0 Å². The summed E-state index contributed by atoms with van der Waals surface area (Å²) < 4.78 is 12.6. The van der Waals surface area contributed by atoms with Gasteiger partial charge in [-0.1, -0.05) is 0 Å². The Hall–Kier alpha value is -0.260. The van der Waals surface area contributed by atoms with Crippen molar-refractivity contribution in [2.24, 2.45) is 0 Å². The van der Waals surface area contributed by atoms with Crippen LogP contribution in [0.1, 0.15) is 0 Å². The van der Waals surface area contributed by atoms with Gasteiger partial charge in [-0.05, 0) is 28.7 Å². The van der Waals surface area contributed by atoms with Gasteiger partial charge in [0.25, 0.3) is 0 Å². The number of aromatic nitrogens is 2. The summed E-state index contributed by atoms with van der Waals surface area (Å²) in [5.41, 5.74) is 0. The number of halogens is 2. The van der Waals surface area contributed by atoms with Gasteiger partial charge in [0, 0.05) is 6.20 Å². The largest absolute Gasteiger partial charge is 0.309 e. The van der Waals surface area contributed by atoms with Gasteiger partial charge < -0.3 is 0 Å². The van der Waals surface area contributed by atoms with E-state index in [1.807, 2.05) is 22.6 Å². The highest BCUT2D eigenvalue weighted by Crippen LogP contribution is 1.96. The topological polar surface area (TPSA) is 25.8 Å². The number of hydrogen-bond acceptors (Lipinski definition) is 2. The zero-order valence-corrected chi connectivity index (χ0v) is 5.96. The highest BCUT2D eigenvalue weighted by Gasteiger charge is 1.89. The summed E-state index contributed by atoms with van der Waals surface area (Å²) in [6.45, 7) is 0. The molecule has 1 aromatic heterocycles. The predicted molar refractivity (Wildman–Crippen MR) is 34.7 cm³/mol. The normalized spacial score (nSPS) is 9.25. The molecule has 1 heterocycles. The minimum absolute atomic E-state index is 0.620. The van der Waals surface area contributed by atoms with Crippen molar-refractivity contribution in [3.05, 3.63) is 22.0 Å². The Morgan fingerprint density at radius 1 is 1.62 bits per heavy atom. The molecule has 0 fully saturated rings. The lowest BCUT2D eigenvalue weighted by atomic mass is 10.7. The van der Waals surface area contributed by atoms with Crippen LogP contribution in [0.2, 0.25) is 0 Å². The highest BCUT2D eigenvalue weighted by atomic mass is 127. The van der Waals surface area contributed by atoms with Gasteiger partial charge in [0.1, 0.15) is 3.70 Å². The molecule has 0 spiro atoms. The molecule has 0 aromatic carbocycles. The van der Waals surface area contributed by atoms with Crippen LogP contribution in [-0.4, -0.2) is 9.97 Å². The van der Waals surface area contributed by atoms with E-state index >= 15 is 0 Å². The van der Waals surface area contributed by atoms with E-state index in [1.54, 1.807) is 6.07 Å². The monoisotopic (exact) mass is 224 g/mol. The number of hydrogen-bond donors (Lipinski definition) is 0.